The van der Waals surface area contributed by atoms with Crippen molar-refractivity contribution in [2.24, 2.45) is 0 Å². The Bertz CT molecular complexity index is 1780. The van der Waals surface area contributed by atoms with E-state index in [0.29, 0.717) is 11.1 Å². The van der Waals surface area contributed by atoms with Gasteiger partial charge in [-0.15, -0.1) is 11.8 Å². The maximum Gasteiger partial charge on any atom is 0.408 e. The summed E-state index contributed by atoms with van der Waals surface area (Å²) in [6, 6.07) is 21.4. The minimum atomic E-state index is -0.944. The second-order valence-corrected chi connectivity index (χ2v) is 13.6. The number of rotatable bonds is 7. The lowest BCUT2D eigenvalue weighted by atomic mass is 10.00. The lowest BCUT2D eigenvalue weighted by molar-refractivity contribution is -0.153. The van der Waals surface area contributed by atoms with Crippen molar-refractivity contribution in [3.63, 3.8) is 0 Å². The van der Waals surface area contributed by atoms with Gasteiger partial charge in [0.2, 0.25) is 0 Å². The summed E-state index contributed by atoms with van der Waals surface area (Å²) in [5.74, 6) is -3.03. The largest absolute Gasteiger partial charge is 0.503 e. The summed E-state index contributed by atoms with van der Waals surface area (Å²) in [6.07, 6.45) is 0.260. The summed E-state index contributed by atoms with van der Waals surface area (Å²) in [6.45, 7) is 5.32. The first-order valence-corrected chi connectivity index (χ1v) is 16.5. The summed E-state index contributed by atoms with van der Waals surface area (Å²) in [5, 5.41) is 12.3. The van der Waals surface area contributed by atoms with E-state index in [-0.39, 0.29) is 30.1 Å². The van der Waals surface area contributed by atoms with Gasteiger partial charge in [0.25, 0.3) is 11.8 Å². The summed E-state index contributed by atoms with van der Waals surface area (Å²) in [4.78, 5) is 56.5. The Morgan fingerprint density at radius 2 is 1.65 bits per heavy atom. The van der Waals surface area contributed by atoms with Crippen LogP contribution in [0.5, 0.6) is 5.75 Å². The Kier molecular flexibility index (Phi) is 9.02. The van der Waals surface area contributed by atoms with E-state index in [0.717, 1.165) is 17.2 Å². The molecule has 3 aliphatic heterocycles. The Hall–Kier alpha value is -5.10. The number of ether oxygens (including phenoxy) is 2. The van der Waals surface area contributed by atoms with Crippen LogP contribution in [-0.2, 0) is 23.9 Å². The number of β-lactam (4-membered cyclic amide) rings is 1. The number of amides is 3. The summed E-state index contributed by atoms with van der Waals surface area (Å²) in [5.41, 5.74) is 1.37. The number of phenols is 1. The van der Waals surface area contributed by atoms with Crippen LogP contribution in [0.1, 0.15) is 44.4 Å². The molecule has 0 spiro atoms. The van der Waals surface area contributed by atoms with Gasteiger partial charge in [0.05, 0.1) is 5.69 Å². The number of hydrogen-bond acceptors (Lipinski definition) is 8. The lowest BCUT2D eigenvalue weighted by Crippen LogP contribution is -2.70. The highest BCUT2D eigenvalue weighted by atomic mass is 32.2. The number of aromatic hydroxyl groups is 1. The van der Waals surface area contributed by atoms with Gasteiger partial charge in [0.1, 0.15) is 22.7 Å². The molecule has 0 radical (unpaired) electrons. The third kappa shape index (κ3) is 6.52. The van der Waals surface area contributed by atoms with Gasteiger partial charge in [-0.05, 0) is 62.1 Å². The fourth-order valence-electron chi connectivity index (χ4n) is 5.83. The highest BCUT2D eigenvalue weighted by Gasteiger charge is 2.55. The van der Waals surface area contributed by atoms with Crippen molar-refractivity contribution in [1.29, 1.82) is 0 Å². The zero-order valence-electron chi connectivity index (χ0n) is 26.5. The molecule has 2 fully saturated rings. The number of benzene rings is 3. The van der Waals surface area contributed by atoms with E-state index in [9.17, 15) is 28.7 Å². The van der Waals surface area contributed by atoms with Crippen LogP contribution in [0, 0.1) is 5.82 Å². The predicted molar refractivity (Wildman–Crippen MR) is 177 cm³/mol. The first-order chi connectivity index (χ1) is 22.9. The van der Waals surface area contributed by atoms with Crippen LogP contribution in [0.3, 0.4) is 0 Å². The molecule has 3 aromatic rings. The molecule has 0 bridgehead atoms. The number of esters is 1. The molecule has 12 heteroatoms. The normalized spacial score (nSPS) is 20.1. The number of halogens is 1. The monoisotopic (exact) mass is 671 g/mol. The van der Waals surface area contributed by atoms with Gasteiger partial charge in [0, 0.05) is 17.9 Å². The number of carbonyl (C=O) groups excluding carboxylic acids is 4. The average Bonchev–Trinajstić information content (AvgIpc) is 3.42. The molecule has 10 nitrogen and oxygen atoms in total. The number of allylic oxidation sites excluding steroid dienone is 1. The Labute approximate surface area is 281 Å². The number of carbonyl (C=O) groups is 4. The molecule has 0 aromatic heterocycles. The standard InChI is InChI=1S/C36H34FN3O7S/c1-36(2,3)47-35(45)38-27-32(43)40-28(34(44)46-30(21-11-6-4-7-12-21)22-13-8-5-9-14-22)24(20-48-33(27)40)19-23-17-18-39(31(23)42)26-16-10-15-25(37)29(26)41/h4-16,19,27,30,33,41H,17-18,20H2,1-3H3,(H,38,45)/b23-19+/t27-,33-/m1/s1. The topological polar surface area (TPSA) is 125 Å². The Morgan fingerprint density at radius 3 is 2.27 bits per heavy atom. The highest BCUT2D eigenvalue weighted by Crippen LogP contribution is 2.43. The predicted octanol–water partition coefficient (Wildman–Crippen LogP) is 5.59. The van der Waals surface area contributed by atoms with Crippen LogP contribution < -0.4 is 10.2 Å². The van der Waals surface area contributed by atoms with E-state index in [4.69, 9.17) is 9.47 Å². The number of anilines is 1. The van der Waals surface area contributed by atoms with Crippen molar-refractivity contribution >= 4 is 41.3 Å². The summed E-state index contributed by atoms with van der Waals surface area (Å²) in [7, 11) is 0. The molecule has 0 unspecified atom stereocenters. The summed E-state index contributed by atoms with van der Waals surface area (Å²) >= 11 is 1.32. The average molecular weight is 672 g/mol. The molecule has 3 amide bonds. The molecule has 0 saturated carbocycles. The minimum Gasteiger partial charge on any atom is -0.503 e. The van der Waals surface area contributed by atoms with E-state index in [1.165, 1.54) is 33.7 Å². The SMILES string of the molecule is CC(C)(C)OC(=O)N[C@@H]1C(=O)N2C(C(=O)OC(c3ccccc3)c3ccccc3)=C(/C=C3\CCN(c4cccc(F)c4O)C3=O)CS[C@H]12. The fourth-order valence-corrected chi connectivity index (χ4v) is 7.14. The first kappa shape index (κ1) is 32.8. The molecule has 2 atom stereocenters. The van der Waals surface area contributed by atoms with Gasteiger partial charge >= 0.3 is 12.1 Å². The number of para-hydroxylation sites is 1. The number of fused-ring (bicyclic) bond motifs is 1. The fraction of sp³-hybridized carbons (Fsp3) is 0.278. The molecule has 3 aromatic carbocycles. The van der Waals surface area contributed by atoms with Crippen LogP contribution in [-0.4, -0.2) is 63.2 Å². The van der Waals surface area contributed by atoms with E-state index >= 15 is 0 Å². The van der Waals surface area contributed by atoms with E-state index in [1.54, 1.807) is 26.8 Å². The molecule has 2 saturated heterocycles. The number of thioether (sulfide) groups is 1. The van der Waals surface area contributed by atoms with Gasteiger partial charge in [0.15, 0.2) is 17.7 Å². The van der Waals surface area contributed by atoms with Gasteiger partial charge in [-0.25, -0.2) is 14.0 Å². The number of alkyl carbamates (subject to hydrolysis) is 1. The molecule has 6 rings (SSSR count). The van der Waals surface area contributed by atoms with Crippen LogP contribution in [0.25, 0.3) is 0 Å². The smallest absolute Gasteiger partial charge is 0.408 e. The number of nitrogens with one attached hydrogen (secondary N) is 1. The number of hydrogen-bond donors (Lipinski definition) is 2. The van der Waals surface area contributed by atoms with Crippen molar-refractivity contribution in [2.75, 3.05) is 17.2 Å². The molecule has 0 aliphatic carbocycles. The second kappa shape index (κ2) is 13.2. The molecular weight excluding hydrogens is 637 g/mol. The second-order valence-electron chi connectivity index (χ2n) is 12.5. The van der Waals surface area contributed by atoms with Gasteiger partial charge in [-0.2, -0.15) is 0 Å². The molecule has 248 valence electrons. The number of phenolic OH excluding ortho intramolecular Hbond substituents is 1. The van der Waals surface area contributed by atoms with Crippen molar-refractivity contribution < 1.29 is 38.1 Å². The molecular formula is C36H34FN3O7S. The quantitative estimate of drug-likeness (QED) is 0.189. The maximum atomic E-state index is 14.2. The highest BCUT2D eigenvalue weighted by molar-refractivity contribution is 8.00. The van der Waals surface area contributed by atoms with E-state index in [2.05, 4.69) is 5.32 Å². The molecule has 3 heterocycles. The van der Waals surface area contributed by atoms with Gasteiger partial charge < -0.3 is 24.8 Å². The number of nitrogens with zero attached hydrogens (tertiary/aromatic N) is 2. The molecule has 2 N–H and O–H groups in total. The summed E-state index contributed by atoms with van der Waals surface area (Å²) < 4.78 is 25.6. The lowest BCUT2D eigenvalue weighted by Gasteiger charge is -2.49. The van der Waals surface area contributed by atoms with Crippen molar-refractivity contribution in [3.05, 3.63) is 119 Å². The Morgan fingerprint density at radius 1 is 1.00 bits per heavy atom. The molecule has 3 aliphatic rings. The first-order valence-electron chi connectivity index (χ1n) is 15.4. The van der Waals surface area contributed by atoms with Crippen molar-refractivity contribution in [2.45, 2.75) is 50.3 Å². The van der Waals surface area contributed by atoms with Crippen LogP contribution >= 0.6 is 11.8 Å². The van der Waals surface area contributed by atoms with Crippen molar-refractivity contribution in [3.8, 4) is 5.75 Å². The van der Waals surface area contributed by atoms with E-state index < -0.39 is 58.6 Å². The minimum absolute atomic E-state index is 0.0322. The van der Waals surface area contributed by atoms with Crippen LogP contribution in [0.2, 0.25) is 0 Å². The van der Waals surface area contributed by atoms with Crippen LogP contribution in [0.4, 0.5) is 14.9 Å². The Balaban J connectivity index is 1.35. The van der Waals surface area contributed by atoms with Gasteiger partial charge in [-0.3, -0.25) is 14.5 Å². The van der Waals surface area contributed by atoms with Crippen molar-refractivity contribution in [1.82, 2.24) is 10.2 Å². The van der Waals surface area contributed by atoms with E-state index in [1.807, 2.05) is 60.7 Å². The third-order valence-corrected chi connectivity index (χ3v) is 9.32. The van der Waals surface area contributed by atoms with Crippen LogP contribution in [0.15, 0.2) is 102 Å². The third-order valence-electron chi connectivity index (χ3n) is 8.02. The zero-order chi connectivity index (χ0) is 34.2. The molecule has 48 heavy (non-hydrogen) atoms. The maximum absolute atomic E-state index is 14.2. The van der Waals surface area contributed by atoms with Gasteiger partial charge in [-0.1, -0.05) is 66.7 Å². The zero-order valence-corrected chi connectivity index (χ0v) is 27.3.